The van der Waals surface area contributed by atoms with E-state index < -0.39 is 5.97 Å². The Bertz CT molecular complexity index is 1240. The van der Waals surface area contributed by atoms with E-state index in [0.717, 1.165) is 5.01 Å². The van der Waals surface area contributed by atoms with Crippen LogP contribution in [0.25, 0.3) is 15.0 Å². The first kappa shape index (κ1) is 17.7. The molecule has 138 valence electrons. The van der Waals surface area contributed by atoms with E-state index >= 15 is 0 Å². The molecule has 3 heterocycles. The van der Waals surface area contributed by atoms with Gasteiger partial charge in [-0.2, -0.15) is 9.61 Å². The number of rotatable bonds is 4. The van der Waals surface area contributed by atoms with Gasteiger partial charge in [0.15, 0.2) is 0 Å². The summed E-state index contributed by atoms with van der Waals surface area (Å²) in [6.45, 7) is 3.50. The summed E-state index contributed by atoms with van der Waals surface area (Å²) in [5.41, 5.74) is 0.586. The van der Waals surface area contributed by atoms with Crippen molar-refractivity contribution in [3.05, 3.63) is 61.6 Å². The van der Waals surface area contributed by atoms with Gasteiger partial charge in [-0.1, -0.05) is 24.3 Å². The van der Waals surface area contributed by atoms with E-state index in [1.54, 1.807) is 19.1 Å². The van der Waals surface area contributed by atoms with Crippen molar-refractivity contribution in [2.24, 2.45) is 0 Å². The van der Waals surface area contributed by atoms with Crippen molar-refractivity contribution < 1.29 is 13.9 Å². The second-order valence-corrected chi connectivity index (χ2v) is 7.97. The number of esters is 1. The maximum atomic E-state index is 14.0. The fraction of sp³-hybridized carbons (Fsp3) is 0.222. The highest BCUT2D eigenvalue weighted by molar-refractivity contribution is 7.21. The van der Waals surface area contributed by atoms with Crippen LogP contribution < -0.4 is 5.56 Å². The molecule has 0 aliphatic carbocycles. The van der Waals surface area contributed by atoms with Crippen molar-refractivity contribution in [2.75, 3.05) is 0 Å². The topological polar surface area (TPSA) is 73.6 Å². The summed E-state index contributed by atoms with van der Waals surface area (Å²) in [6.07, 6.45) is 0.708. The second-order valence-electron chi connectivity index (χ2n) is 5.87. The Morgan fingerprint density at radius 3 is 2.89 bits per heavy atom. The van der Waals surface area contributed by atoms with Crippen LogP contribution >= 0.6 is 22.7 Å². The molecule has 0 saturated carbocycles. The van der Waals surface area contributed by atoms with Crippen LogP contribution in [0.15, 0.2) is 29.1 Å². The van der Waals surface area contributed by atoms with Crippen LogP contribution in [0, 0.1) is 12.7 Å². The van der Waals surface area contributed by atoms with Crippen molar-refractivity contribution in [1.82, 2.24) is 14.6 Å². The quantitative estimate of drug-likeness (QED) is 0.486. The zero-order valence-corrected chi connectivity index (χ0v) is 16.1. The van der Waals surface area contributed by atoms with E-state index in [4.69, 9.17) is 4.74 Å². The fourth-order valence-corrected chi connectivity index (χ4v) is 4.74. The minimum atomic E-state index is -0.561. The predicted octanol–water partition coefficient (Wildman–Crippen LogP) is 3.73. The molecule has 0 spiro atoms. The number of fused-ring (bicyclic) bond motifs is 2. The van der Waals surface area contributed by atoms with Crippen molar-refractivity contribution in [1.29, 1.82) is 0 Å². The molecular formula is C18H14FN3O3S2. The molecule has 0 radical (unpaired) electrons. The van der Waals surface area contributed by atoms with Gasteiger partial charge < -0.3 is 4.74 Å². The number of hydrogen-bond donors (Lipinski definition) is 0. The Kier molecular flexibility index (Phi) is 4.48. The SMILES string of the molecule is CCc1nn2c(=O)cc(COC(=O)c3sc4cccc(F)c4c3C)nc2s1. The number of aromatic nitrogens is 3. The van der Waals surface area contributed by atoms with Gasteiger partial charge in [-0.15, -0.1) is 11.3 Å². The number of carbonyl (C=O) groups is 1. The van der Waals surface area contributed by atoms with E-state index in [2.05, 4.69) is 10.1 Å². The molecule has 4 aromatic rings. The normalized spacial score (nSPS) is 11.4. The summed E-state index contributed by atoms with van der Waals surface area (Å²) >= 11 is 2.51. The molecule has 27 heavy (non-hydrogen) atoms. The average molecular weight is 403 g/mol. The van der Waals surface area contributed by atoms with Crippen molar-refractivity contribution >= 4 is 43.7 Å². The van der Waals surface area contributed by atoms with Gasteiger partial charge in [0, 0.05) is 16.2 Å². The van der Waals surface area contributed by atoms with Crippen LogP contribution in [0.3, 0.4) is 0 Å². The Morgan fingerprint density at radius 1 is 1.33 bits per heavy atom. The number of aryl methyl sites for hydroxylation is 2. The number of hydrogen-bond acceptors (Lipinski definition) is 7. The summed E-state index contributed by atoms with van der Waals surface area (Å²) in [5.74, 6) is -0.925. The Hall–Kier alpha value is -2.65. The Balaban J connectivity index is 1.59. The molecule has 0 N–H and O–H groups in total. The molecule has 0 unspecified atom stereocenters. The number of halogens is 1. The number of thiophene rings is 1. The molecule has 0 saturated heterocycles. The fourth-order valence-electron chi connectivity index (χ4n) is 2.77. The smallest absolute Gasteiger partial charge is 0.349 e. The third-order valence-corrected chi connectivity index (χ3v) is 6.37. The lowest BCUT2D eigenvalue weighted by Crippen LogP contribution is -2.16. The summed E-state index contributed by atoms with van der Waals surface area (Å²) in [5, 5.41) is 5.41. The first-order chi connectivity index (χ1) is 13.0. The van der Waals surface area contributed by atoms with Gasteiger partial charge in [0.25, 0.3) is 5.56 Å². The van der Waals surface area contributed by atoms with Crippen molar-refractivity contribution in [2.45, 2.75) is 26.9 Å². The number of nitrogens with zero attached hydrogens (tertiary/aromatic N) is 3. The van der Waals surface area contributed by atoms with Gasteiger partial charge in [-0.25, -0.2) is 14.2 Å². The van der Waals surface area contributed by atoms with E-state index in [0.29, 0.717) is 37.6 Å². The van der Waals surface area contributed by atoms with E-state index in [1.807, 2.05) is 6.92 Å². The molecule has 0 amide bonds. The molecule has 0 aliphatic heterocycles. The maximum absolute atomic E-state index is 14.0. The molecule has 3 aromatic heterocycles. The number of ether oxygens (including phenoxy) is 1. The summed E-state index contributed by atoms with van der Waals surface area (Å²) in [4.78, 5) is 29.7. The average Bonchev–Trinajstić information content (AvgIpc) is 3.22. The lowest BCUT2D eigenvalue weighted by molar-refractivity contribution is 0.0473. The van der Waals surface area contributed by atoms with E-state index in [1.165, 1.54) is 39.3 Å². The Morgan fingerprint density at radius 2 is 2.15 bits per heavy atom. The molecule has 9 heteroatoms. The van der Waals surface area contributed by atoms with Crippen LogP contribution in [0.2, 0.25) is 0 Å². The predicted molar refractivity (Wildman–Crippen MR) is 102 cm³/mol. The van der Waals surface area contributed by atoms with E-state index in [9.17, 15) is 14.0 Å². The minimum absolute atomic E-state index is 0.139. The first-order valence-corrected chi connectivity index (χ1v) is 9.84. The summed E-state index contributed by atoms with van der Waals surface area (Å²) in [6, 6.07) is 6.04. The lowest BCUT2D eigenvalue weighted by atomic mass is 10.1. The van der Waals surface area contributed by atoms with Crippen LogP contribution in [-0.2, 0) is 17.8 Å². The van der Waals surface area contributed by atoms with Crippen molar-refractivity contribution in [3.63, 3.8) is 0 Å². The lowest BCUT2D eigenvalue weighted by Gasteiger charge is -2.03. The third kappa shape index (κ3) is 3.13. The highest BCUT2D eigenvalue weighted by atomic mass is 32.1. The highest BCUT2D eigenvalue weighted by Crippen LogP contribution is 2.33. The summed E-state index contributed by atoms with van der Waals surface area (Å²) < 4.78 is 21.3. The molecule has 0 bridgehead atoms. The molecular weight excluding hydrogens is 389 g/mol. The standard InChI is InChI=1S/C18H14FN3O3S2/c1-3-13-21-22-14(23)7-10(20-18(22)27-13)8-25-17(24)16-9(2)15-11(19)5-4-6-12(15)26-16/h4-7H,3,8H2,1-2H3. The Labute approximate surface area is 160 Å². The molecule has 4 rings (SSSR count). The van der Waals surface area contributed by atoms with Gasteiger partial charge in [-0.05, 0) is 31.0 Å². The van der Waals surface area contributed by atoms with Gasteiger partial charge in [-0.3, -0.25) is 4.79 Å². The van der Waals surface area contributed by atoms with Crippen molar-refractivity contribution in [3.8, 4) is 0 Å². The molecule has 0 aliphatic rings. The minimum Gasteiger partial charge on any atom is -0.455 e. The molecule has 0 atom stereocenters. The highest BCUT2D eigenvalue weighted by Gasteiger charge is 2.19. The second kappa shape index (κ2) is 6.82. The monoisotopic (exact) mass is 403 g/mol. The first-order valence-electron chi connectivity index (χ1n) is 8.21. The zero-order valence-electron chi connectivity index (χ0n) is 14.5. The molecule has 0 fully saturated rings. The van der Waals surface area contributed by atoms with Crippen LogP contribution in [0.4, 0.5) is 4.39 Å². The molecule has 1 aromatic carbocycles. The van der Waals surface area contributed by atoms with Crippen LogP contribution in [0.5, 0.6) is 0 Å². The van der Waals surface area contributed by atoms with Gasteiger partial charge in [0.2, 0.25) is 4.96 Å². The van der Waals surface area contributed by atoms with Gasteiger partial charge in [0.05, 0.1) is 5.69 Å². The third-order valence-electron chi connectivity index (χ3n) is 4.08. The maximum Gasteiger partial charge on any atom is 0.349 e. The number of carbonyl (C=O) groups excluding carboxylic acids is 1. The molecule has 6 nitrogen and oxygen atoms in total. The van der Waals surface area contributed by atoms with E-state index in [-0.39, 0.29) is 18.0 Å². The van der Waals surface area contributed by atoms with Gasteiger partial charge >= 0.3 is 5.97 Å². The van der Waals surface area contributed by atoms with Gasteiger partial charge in [0.1, 0.15) is 22.3 Å². The summed E-state index contributed by atoms with van der Waals surface area (Å²) in [7, 11) is 0. The largest absolute Gasteiger partial charge is 0.455 e. The number of benzene rings is 1. The zero-order chi connectivity index (χ0) is 19.1. The van der Waals surface area contributed by atoms with Crippen LogP contribution in [-0.4, -0.2) is 20.6 Å². The van der Waals surface area contributed by atoms with Crippen LogP contribution in [0.1, 0.15) is 32.9 Å².